The van der Waals surface area contributed by atoms with Crippen molar-refractivity contribution in [3.8, 4) is 0 Å². The van der Waals surface area contributed by atoms with Crippen LogP contribution in [0.5, 0.6) is 0 Å². The lowest BCUT2D eigenvalue weighted by atomic mass is 9.91. The van der Waals surface area contributed by atoms with E-state index in [2.05, 4.69) is 4.98 Å². The maximum absolute atomic E-state index is 12.2. The Labute approximate surface area is 120 Å². The molecule has 0 aliphatic heterocycles. The molecule has 110 valence electrons. The van der Waals surface area contributed by atoms with Gasteiger partial charge in [-0.05, 0) is 43.4 Å². The Bertz CT molecular complexity index is 429. The molecular formula is C16H23NO3. The highest BCUT2D eigenvalue weighted by Crippen LogP contribution is 2.16. The first kappa shape index (κ1) is 16.3. The van der Waals surface area contributed by atoms with Crippen LogP contribution in [0.25, 0.3) is 0 Å². The molecule has 0 saturated heterocycles. The molecule has 0 saturated carbocycles. The van der Waals surface area contributed by atoms with E-state index in [1.54, 1.807) is 19.3 Å². The van der Waals surface area contributed by atoms with Crippen LogP contribution in [0.15, 0.2) is 24.5 Å². The topological polar surface area (TPSA) is 56.3 Å². The molecule has 4 heteroatoms. The van der Waals surface area contributed by atoms with E-state index in [1.807, 2.05) is 26.0 Å². The summed E-state index contributed by atoms with van der Waals surface area (Å²) < 4.78 is 5.02. The van der Waals surface area contributed by atoms with Crippen molar-refractivity contribution in [2.24, 2.45) is 11.8 Å². The van der Waals surface area contributed by atoms with E-state index in [0.29, 0.717) is 25.9 Å². The van der Waals surface area contributed by atoms with Gasteiger partial charge >= 0.3 is 5.97 Å². The molecule has 0 spiro atoms. The molecule has 0 bridgehead atoms. The number of rotatable bonds is 8. The molecule has 1 atom stereocenters. The highest BCUT2D eigenvalue weighted by atomic mass is 16.5. The number of hydrogen-bond donors (Lipinski definition) is 0. The average molecular weight is 277 g/mol. The minimum absolute atomic E-state index is 0.0208. The number of Topliss-reactive ketones (excluding diaryl/α,β-unsaturated/α-hetero) is 1. The number of aromatic nitrogens is 1. The Morgan fingerprint density at radius 1 is 1.25 bits per heavy atom. The Kier molecular flexibility index (Phi) is 6.91. The quantitative estimate of drug-likeness (QED) is 0.541. The van der Waals surface area contributed by atoms with Crippen LogP contribution in [0.2, 0.25) is 0 Å². The SMILES string of the molecule is CCOC(=O)[C@H](CCc1ccncc1)C(=O)CC(C)C. The third-order valence-corrected chi connectivity index (χ3v) is 3.04. The zero-order valence-corrected chi connectivity index (χ0v) is 12.5. The van der Waals surface area contributed by atoms with Gasteiger partial charge in [0, 0.05) is 18.8 Å². The minimum Gasteiger partial charge on any atom is -0.465 e. The molecule has 0 fully saturated rings. The van der Waals surface area contributed by atoms with E-state index in [4.69, 9.17) is 4.74 Å². The maximum atomic E-state index is 12.2. The monoisotopic (exact) mass is 277 g/mol. The second-order valence-corrected chi connectivity index (χ2v) is 5.26. The molecule has 20 heavy (non-hydrogen) atoms. The molecule has 1 heterocycles. The number of aryl methyl sites for hydroxylation is 1. The fourth-order valence-corrected chi connectivity index (χ4v) is 2.06. The molecular weight excluding hydrogens is 254 g/mol. The van der Waals surface area contributed by atoms with Crippen LogP contribution in [0.1, 0.15) is 39.2 Å². The zero-order chi connectivity index (χ0) is 15.0. The van der Waals surface area contributed by atoms with E-state index in [9.17, 15) is 9.59 Å². The third-order valence-electron chi connectivity index (χ3n) is 3.04. The fraction of sp³-hybridized carbons (Fsp3) is 0.562. The molecule has 1 aromatic rings. The van der Waals surface area contributed by atoms with Crippen molar-refractivity contribution in [3.05, 3.63) is 30.1 Å². The van der Waals surface area contributed by atoms with Gasteiger partial charge in [-0.2, -0.15) is 0 Å². The number of nitrogens with zero attached hydrogens (tertiary/aromatic N) is 1. The predicted octanol–water partition coefficient (Wildman–Crippen LogP) is 2.81. The maximum Gasteiger partial charge on any atom is 0.316 e. The number of ether oxygens (including phenoxy) is 1. The molecule has 0 unspecified atom stereocenters. The van der Waals surface area contributed by atoms with Gasteiger partial charge in [0.15, 0.2) is 0 Å². The second kappa shape index (κ2) is 8.46. The Morgan fingerprint density at radius 3 is 2.45 bits per heavy atom. The van der Waals surface area contributed by atoms with Crippen molar-refractivity contribution >= 4 is 11.8 Å². The lowest BCUT2D eigenvalue weighted by Crippen LogP contribution is -2.27. The first-order chi connectivity index (χ1) is 9.54. The average Bonchev–Trinajstić information content (AvgIpc) is 2.39. The van der Waals surface area contributed by atoms with Crippen molar-refractivity contribution in [2.45, 2.75) is 40.0 Å². The first-order valence-corrected chi connectivity index (χ1v) is 7.12. The summed E-state index contributed by atoms with van der Waals surface area (Å²) in [5.41, 5.74) is 1.08. The zero-order valence-electron chi connectivity index (χ0n) is 12.5. The van der Waals surface area contributed by atoms with E-state index < -0.39 is 11.9 Å². The molecule has 0 N–H and O–H groups in total. The summed E-state index contributed by atoms with van der Waals surface area (Å²) in [7, 11) is 0. The standard InChI is InChI=1S/C16H23NO3/c1-4-20-16(19)14(15(18)11-12(2)3)6-5-13-7-9-17-10-8-13/h7-10,12,14H,4-6,11H2,1-3H3/t14-/m1/s1. The summed E-state index contributed by atoms with van der Waals surface area (Å²) in [5, 5.41) is 0. The summed E-state index contributed by atoms with van der Waals surface area (Å²) in [5.74, 6) is -0.814. The van der Waals surface area contributed by atoms with Gasteiger partial charge in [0.05, 0.1) is 6.61 Å². The second-order valence-electron chi connectivity index (χ2n) is 5.26. The van der Waals surface area contributed by atoms with Crippen molar-refractivity contribution in [1.29, 1.82) is 0 Å². The van der Waals surface area contributed by atoms with Gasteiger partial charge in [0.25, 0.3) is 0 Å². The van der Waals surface area contributed by atoms with Crippen LogP contribution in [-0.4, -0.2) is 23.3 Å². The van der Waals surface area contributed by atoms with Crippen molar-refractivity contribution in [3.63, 3.8) is 0 Å². The van der Waals surface area contributed by atoms with Gasteiger partial charge in [-0.25, -0.2) is 0 Å². The number of carbonyl (C=O) groups excluding carboxylic acids is 2. The Morgan fingerprint density at radius 2 is 1.90 bits per heavy atom. The first-order valence-electron chi connectivity index (χ1n) is 7.12. The van der Waals surface area contributed by atoms with Crippen LogP contribution in [0, 0.1) is 11.8 Å². The Hall–Kier alpha value is -1.71. The number of hydrogen-bond acceptors (Lipinski definition) is 4. The molecule has 1 aromatic heterocycles. The summed E-state index contributed by atoms with van der Waals surface area (Å²) in [4.78, 5) is 28.1. The number of ketones is 1. The van der Waals surface area contributed by atoms with Crippen LogP contribution < -0.4 is 0 Å². The molecule has 0 radical (unpaired) electrons. The van der Waals surface area contributed by atoms with Gasteiger partial charge in [0.1, 0.15) is 11.7 Å². The summed E-state index contributed by atoms with van der Waals surface area (Å²) >= 11 is 0. The smallest absolute Gasteiger partial charge is 0.316 e. The number of esters is 1. The predicted molar refractivity (Wildman–Crippen MR) is 77.1 cm³/mol. The molecule has 0 aliphatic carbocycles. The number of carbonyl (C=O) groups is 2. The van der Waals surface area contributed by atoms with E-state index in [0.717, 1.165) is 5.56 Å². The molecule has 0 aliphatic rings. The van der Waals surface area contributed by atoms with Gasteiger partial charge in [-0.1, -0.05) is 13.8 Å². The lowest BCUT2D eigenvalue weighted by Gasteiger charge is -2.15. The highest BCUT2D eigenvalue weighted by molar-refractivity contribution is 5.99. The van der Waals surface area contributed by atoms with Gasteiger partial charge in [-0.15, -0.1) is 0 Å². The van der Waals surface area contributed by atoms with Gasteiger partial charge in [0.2, 0.25) is 0 Å². The van der Waals surface area contributed by atoms with E-state index >= 15 is 0 Å². The highest BCUT2D eigenvalue weighted by Gasteiger charge is 2.27. The summed E-state index contributed by atoms with van der Waals surface area (Å²) in [6.07, 6.45) is 5.01. The van der Waals surface area contributed by atoms with Gasteiger partial charge < -0.3 is 4.74 Å². The molecule has 4 nitrogen and oxygen atoms in total. The molecule has 1 rings (SSSR count). The van der Waals surface area contributed by atoms with Crippen molar-refractivity contribution in [2.75, 3.05) is 6.61 Å². The number of pyridine rings is 1. The Balaban J connectivity index is 2.67. The molecule has 0 amide bonds. The van der Waals surface area contributed by atoms with Crippen molar-refractivity contribution < 1.29 is 14.3 Å². The minimum atomic E-state index is -0.648. The lowest BCUT2D eigenvalue weighted by molar-refractivity contribution is -0.152. The van der Waals surface area contributed by atoms with Gasteiger partial charge in [-0.3, -0.25) is 14.6 Å². The fourth-order valence-electron chi connectivity index (χ4n) is 2.06. The van der Waals surface area contributed by atoms with Crippen molar-refractivity contribution in [1.82, 2.24) is 4.98 Å². The normalized spacial score (nSPS) is 12.2. The summed E-state index contributed by atoms with van der Waals surface area (Å²) in [6, 6.07) is 3.80. The van der Waals surface area contributed by atoms with E-state index in [1.165, 1.54) is 0 Å². The van der Waals surface area contributed by atoms with Crippen LogP contribution in [0.4, 0.5) is 0 Å². The largest absolute Gasteiger partial charge is 0.465 e. The van der Waals surface area contributed by atoms with Crippen LogP contribution >= 0.6 is 0 Å². The van der Waals surface area contributed by atoms with E-state index in [-0.39, 0.29) is 11.7 Å². The van der Waals surface area contributed by atoms with Crippen LogP contribution in [-0.2, 0) is 20.7 Å². The third kappa shape index (κ3) is 5.51. The molecule has 0 aromatic carbocycles. The van der Waals surface area contributed by atoms with Crippen LogP contribution in [0.3, 0.4) is 0 Å². The summed E-state index contributed by atoms with van der Waals surface area (Å²) in [6.45, 7) is 6.01.